The second kappa shape index (κ2) is 7.59. The quantitative estimate of drug-likeness (QED) is 0.722. The average molecular weight is 323 g/mol. The number of fused-ring (bicyclic) bond motifs is 2. The number of aryl methyl sites for hydroxylation is 1. The van der Waals surface area contributed by atoms with Gasteiger partial charge in [-0.2, -0.15) is 0 Å². The fraction of sp³-hybridized carbons (Fsp3) is 0.667. The van der Waals surface area contributed by atoms with Crippen LogP contribution in [0, 0.1) is 19.3 Å². The number of ether oxygens (including phenoxy) is 1. The Morgan fingerprint density at radius 2 is 2.14 bits per heavy atom. The zero-order valence-corrected chi connectivity index (χ0v) is 14.6. The van der Waals surface area contributed by atoms with Crippen molar-refractivity contribution in [2.24, 2.45) is 0 Å². The summed E-state index contributed by atoms with van der Waals surface area (Å²) in [7, 11) is 0. The first kappa shape index (κ1) is 17.5. The first-order valence-corrected chi connectivity index (χ1v) is 8.84. The lowest BCUT2D eigenvalue weighted by Gasteiger charge is -2.44. The van der Waals surface area contributed by atoms with Crippen molar-refractivity contribution in [2.45, 2.75) is 45.1 Å². The smallest absolute Gasteiger partial charge is 0.105 e. The highest BCUT2D eigenvalue weighted by atomic mass is 32.1. The Bertz CT molecular complexity index is 526. The van der Waals surface area contributed by atoms with Crippen molar-refractivity contribution in [1.29, 1.82) is 0 Å². The molecule has 1 aromatic heterocycles. The maximum atomic E-state index is 10.3. The van der Waals surface area contributed by atoms with Gasteiger partial charge < -0.3 is 4.74 Å². The predicted molar refractivity (Wildman–Crippen MR) is 91.3 cm³/mol. The third kappa shape index (κ3) is 3.53. The number of rotatable bonds is 1. The Morgan fingerprint density at radius 1 is 1.50 bits per heavy atom. The van der Waals surface area contributed by atoms with E-state index in [1.807, 2.05) is 11.3 Å². The maximum absolute atomic E-state index is 10.3. The molecule has 4 heteroatoms. The molecule has 0 bridgehead atoms. The number of halogens is 1. The zero-order valence-electron chi connectivity index (χ0n) is 13.8. The van der Waals surface area contributed by atoms with Crippen molar-refractivity contribution >= 4 is 11.3 Å². The van der Waals surface area contributed by atoms with Gasteiger partial charge in [0.15, 0.2) is 0 Å². The van der Waals surface area contributed by atoms with Gasteiger partial charge in [0.25, 0.3) is 0 Å². The number of piperidine rings is 1. The molecule has 0 amide bonds. The summed E-state index contributed by atoms with van der Waals surface area (Å²) in [6.07, 6.45) is 7.56. The van der Waals surface area contributed by atoms with Crippen LogP contribution in [0.25, 0.3) is 0 Å². The molecule has 2 aliphatic rings. The molecule has 1 saturated heterocycles. The molecule has 3 heterocycles. The minimum absolute atomic E-state index is 0.0220. The van der Waals surface area contributed by atoms with Crippen LogP contribution in [0.1, 0.15) is 47.9 Å². The Labute approximate surface area is 137 Å². The molecule has 3 rings (SSSR count). The minimum atomic E-state index is -0.250. The molecular formula is C18H26FNOS. The summed E-state index contributed by atoms with van der Waals surface area (Å²) in [6.45, 7) is 9.41. The predicted octanol–water partition coefficient (Wildman–Crippen LogP) is 4.09. The molecule has 1 unspecified atom stereocenters. The average Bonchev–Trinajstić information content (AvgIpc) is 2.90. The number of likely N-dealkylation sites (tertiary alicyclic amines) is 1. The van der Waals surface area contributed by atoms with Gasteiger partial charge in [-0.15, -0.1) is 17.8 Å². The van der Waals surface area contributed by atoms with Crippen molar-refractivity contribution < 1.29 is 9.13 Å². The molecule has 1 aromatic rings. The van der Waals surface area contributed by atoms with E-state index in [-0.39, 0.29) is 12.3 Å². The number of hydrogen-bond donors (Lipinski definition) is 0. The Hall–Kier alpha value is -0.890. The second-order valence-corrected chi connectivity index (χ2v) is 7.35. The monoisotopic (exact) mass is 323 g/mol. The lowest BCUT2D eigenvalue weighted by molar-refractivity contribution is -0.0998. The summed E-state index contributed by atoms with van der Waals surface area (Å²) in [6, 6.07) is 2.36. The van der Waals surface area contributed by atoms with Crippen LogP contribution in [0.3, 0.4) is 0 Å². The molecule has 0 saturated carbocycles. The summed E-state index contributed by atoms with van der Waals surface area (Å²) in [5.41, 5.74) is 1.51. The fourth-order valence-electron chi connectivity index (χ4n) is 3.27. The minimum Gasteiger partial charge on any atom is -0.369 e. The zero-order chi connectivity index (χ0) is 16.2. The largest absolute Gasteiger partial charge is 0.369 e. The van der Waals surface area contributed by atoms with Crippen LogP contribution >= 0.6 is 11.3 Å². The van der Waals surface area contributed by atoms with E-state index in [9.17, 15) is 4.39 Å². The number of alkyl halides is 1. The summed E-state index contributed by atoms with van der Waals surface area (Å²) in [5, 5.41) is 0. The Morgan fingerprint density at radius 3 is 2.73 bits per heavy atom. The second-order valence-electron chi connectivity index (χ2n) is 6.10. The molecule has 1 spiro atoms. The van der Waals surface area contributed by atoms with Crippen LogP contribution in [-0.2, 0) is 10.3 Å². The van der Waals surface area contributed by atoms with Crippen molar-refractivity contribution in [1.82, 2.24) is 4.90 Å². The van der Waals surface area contributed by atoms with E-state index in [0.29, 0.717) is 5.92 Å². The molecule has 2 aliphatic heterocycles. The highest BCUT2D eigenvalue weighted by Gasteiger charge is 2.43. The molecule has 0 aromatic carbocycles. The molecule has 0 N–H and O–H groups in total. The van der Waals surface area contributed by atoms with E-state index in [4.69, 9.17) is 11.2 Å². The molecule has 0 aliphatic carbocycles. The van der Waals surface area contributed by atoms with Crippen molar-refractivity contribution in [3.05, 3.63) is 21.4 Å². The van der Waals surface area contributed by atoms with E-state index in [2.05, 4.69) is 30.7 Å². The van der Waals surface area contributed by atoms with Crippen LogP contribution in [0.15, 0.2) is 6.07 Å². The van der Waals surface area contributed by atoms with E-state index in [1.54, 1.807) is 0 Å². The molecular weight excluding hydrogens is 297 g/mol. The van der Waals surface area contributed by atoms with Crippen LogP contribution in [0.2, 0.25) is 0 Å². The number of terminal acetylenes is 1. The highest BCUT2D eigenvalue weighted by molar-refractivity contribution is 7.12. The van der Waals surface area contributed by atoms with E-state index in [1.165, 1.54) is 22.2 Å². The first-order valence-electron chi connectivity index (χ1n) is 8.03. The summed E-state index contributed by atoms with van der Waals surface area (Å²) in [4.78, 5) is 5.25. The van der Waals surface area contributed by atoms with Gasteiger partial charge in [-0.3, -0.25) is 9.29 Å². The van der Waals surface area contributed by atoms with Crippen molar-refractivity contribution in [2.75, 3.05) is 32.9 Å². The Balaban J connectivity index is 0.000000545. The SMILES string of the molecule is C#CCN1CCC2(CC1)OCC(C)c1cc(C)sc12.CCF. The van der Waals surface area contributed by atoms with Gasteiger partial charge in [-0.05, 0) is 38.3 Å². The number of thiophene rings is 1. The summed E-state index contributed by atoms with van der Waals surface area (Å²) in [5.74, 6) is 3.28. The van der Waals surface area contributed by atoms with Crippen LogP contribution in [0.5, 0.6) is 0 Å². The van der Waals surface area contributed by atoms with Gasteiger partial charge in [-0.1, -0.05) is 12.8 Å². The van der Waals surface area contributed by atoms with Gasteiger partial charge >= 0.3 is 0 Å². The number of nitrogens with zero attached hydrogens (tertiary/aromatic N) is 1. The third-order valence-electron chi connectivity index (χ3n) is 4.42. The molecule has 1 fully saturated rings. The first-order chi connectivity index (χ1) is 10.6. The topological polar surface area (TPSA) is 12.5 Å². The van der Waals surface area contributed by atoms with E-state index >= 15 is 0 Å². The van der Waals surface area contributed by atoms with E-state index in [0.717, 1.165) is 39.1 Å². The fourth-order valence-corrected chi connectivity index (χ4v) is 4.60. The van der Waals surface area contributed by atoms with Gasteiger partial charge in [0.1, 0.15) is 5.60 Å². The summed E-state index contributed by atoms with van der Waals surface area (Å²) < 4.78 is 16.6. The van der Waals surface area contributed by atoms with Crippen LogP contribution in [0.4, 0.5) is 4.39 Å². The van der Waals surface area contributed by atoms with Gasteiger partial charge in [-0.25, -0.2) is 0 Å². The van der Waals surface area contributed by atoms with Crippen molar-refractivity contribution in [3.8, 4) is 12.3 Å². The van der Waals surface area contributed by atoms with Gasteiger partial charge in [0, 0.05) is 28.8 Å². The third-order valence-corrected chi connectivity index (χ3v) is 5.67. The van der Waals surface area contributed by atoms with Crippen molar-refractivity contribution in [3.63, 3.8) is 0 Å². The molecule has 22 heavy (non-hydrogen) atoms. The normalized spacial score (nSPS) is 23.3. The van der Waals surface area contributed by atoms with Crippen LogP contribution < -0.4 is 0 Å². The Kier molecular flexibility index (Phi) is 6.02. The molecule has 122 valence electrons. The molecule has 0 radical (unpaired) electrons. The standard InChI is InChI=1S/C16H21NOS.C2H5F/c1-4-7-17-8-5-16(6-9-17)15-14(10-13(3)19-15)12(2)11-18-16;1-2-3/h1,10,12H,5-9,11H2,2-3H3;2H2,1H3. The molecule has 2 nitrogen and oxygen atoms in total. The van der Waals surface area contributed by atoms with Gasteiger partial charge in [0.2, 0.25) is 0 Å². The maximum Gasteiger partial charge on any atom is 0.105 e. The van der Waals surface area contributed by atoms with Crippen LogP contribution in [-0.4, -0.2) is 37.8 Å². The lowest BCUT2D eigenvalue weighted by atomic mass is 9.82. The lowest BCUT2D eigenvalue weighted by Crippen LogP contribution is -2.46. The number of hydrogen-bond acceptors (Lipinski definition) is 3. The van der Waals surface area contributed by atoms with E-state index < -0.39 is 0 Å². The van der Waals surface area contributed by atoms with Gasteiger partial charge in [0.05, 0.1) is 19.8 Å². The molecule has 1 atom stereocenters. The highest BCUT2D eigenvalue weighted by Crippen LogP contribution is 2.48. The summed E-state index contributed by atoms with van der Waals surface area (Å²) >= 11 is 1.93.